The summed E-state index contributed by atoms with van der Waals surface area (Å²) in [5.74, 6) is -1.24. The van der Waals surface area contributed by atoms with Crippen LogP contribution in [0, 0.1) is 5.92 Å². The molecule has 0 aliphatic carbocycles. The van der Waals surface area contributed by atoms with E-state index in [-0.39, 0.29) is 40.4 Å². The van der Waals surface area contributed by atoms with Crippen LogP contribution in [0.1, 0.15) is 30.1 Å². The fraction of sp³-hybridized carbons (Fsp3) is 0.391. The van der Waals surface area contributed by atoms with Gasteiger partial charge in [0.15, 0.2) is 11.5 Å². The molecule has 2 N–H and O–H groups in total. The van der Waals surface area contributed by atoms with E-state index in [2.05, 4.69) is 4.72 Å². The third-order valence-corrected chi connectivity index (χ3v) is 6.91. The zero-order chi connectivity index (χ0) is 24.9. The van der Waals surface area contributed by atoms with Crippen molar-refractivity contribution in [2.45, 2.75) is 24.7 Å². The second kappa shape index (κ2) is 10.6. The third-order valence-electron chi connectivity index (χ3n) is 5.53. The molecule has 34 heavy (non-hydrogen) atoms. The molecule has 11 heteroatoms. The van der Waals surface area contributed by atoms with Gasteiger partial charge in [0.25, 0.3) is 10.0 Å². The topological polar surface area (TPSA) is 131 Å². The van der Waals surface area contributed by atoms with Crippen LogP contribution in [0.3, 0.4) is 0 Å². The molecule has 0 saturated carbocycles. The molecule has 2 aromatic rings. The maximum Gasteiger partial charge on any atom is 0.337 e. The van der Waals surface area contributed by atoms with Crippen molar-refractivity contribution in [1.29, 1.82) is 0 Å². The van der Waals surface area contributed by atoms with Gasteiger partial charge in [-0.1, -0.05) is 0 Å². The predicted octanol–water partition coefficient (Wildman–Crippen LogP) is 2.98. The monoisotopic (exact) mass is 492 g/mol. The van der Waals surface area contributed by atoms with Crippen molar-refractivity contribution in [3.63, 3.8) is 0 Å². The molecule has 1 aliphatic heterocycles. The molecule has 0 bridgehead atoms. The fourth-order valence-electron chi connectivity index (χ4n) is 3.89. The van der Waals surface area contributed by atoms with Gasteiger partial charge in [-0.15, -0.1) is 0 Å². The molecule has 0 aromatic heterocycles. The van der Waals surface area contributed by atoms with Gasteiger partial charge in [-0.05, 0) is 50.1 Å². The van der Waals surface area contributed by atoms with Gasteiger partial charge in [0.1, 0.15) is 0 Å². The van der Waals surface area contributed by atoms with Crippen molar-refractivity contribution >= 4 is 33.3 Å². The van der Waals surface area contributed by atoms with Gasteiger partial charge in [-0.2, -0.15) is 0 Å². The van der Waals surface area contributed by atoms with E-state index in [1.54, 1.807) is 13.0 Å². The number of hydrogen-bond acceptors (Lipinski definition) is 8. The number of carboxylic acid groups (broad SMARTS) is 1. The SMILES string of the molecule is CCOC(=O)C1CCCN(c2ccc(NS(=O)(=O)c3ccc(OC)c(OC)c3)cc2C(=O)O)C1. The molecule has 10 nitrogen and oxygen atoms in total. The summed E-state index contributed by atoms with van der Waals surface area (Å²) in [5.41, 5.74) is 0.433. The van der Waals surface area contributed by atoms with Crippen LogP contribution in [0.4, 0.5) is 11.4 Å². The van der Waals surface area contributed by atoms with E-state index in [1.807, 2.05) is 4.90 Å². The Balaban J connectivity index is 1.87. The lowest BCUT2D eigenvalue weighted by Gasteiger charge is -2.34. The van der Waals surface area contributed by atoms with Crippen LogP contribution in [0.2, 0.25) is 0 Å². The number of carbonyl (C=O) groups is 2. The van der Waals surface area contributed by atoms with Gasteiger partial charge in [0.2, 0.25) is 0 Å². The first-order valence-corrected chi connectivity index (χ1v) is 12.2. The van der Waals surface area contributed by atoms with E-state index in [9.17, 15) is 23.1 Å². The number of nitrogens with zero attached hydrogens (tertiary/aromatic N) is 1. The number of hydrogen-bond donors (Lipinski definition) is 2. The highest BCUT2D eigenvalue weighted by atomic mass is 32.2. The highest BCUT2D eigenvalue weighted by molar-refractivity contribution is 7.92. The summed E-state index contributed by atoms with van der Waals surface area (Å²) in [6, 6.07) is 8.45. The molecule has 0 amide bonds. The molecule has 1 atom stereocenters. The summed E-state index contributed by atoms with van der Waals surface area (Å²) >= 11 is 0. The Morgan fingerprint density at radius 3 is 2.50 bits per heavy atom. The number of carbonyl (C=O) groups excluding carboxylic acids is 1. The molecule has 0 spiro atoms. The van der Waals surface area contributed by atoms with E-state index in [1.165, 1.54) is 44.6 Å². The minimum atomic E-state index is -4.03. The molecule has 2 aromatic carbocycles. The first kappa shape index (κ1) is 25.2. The Morgan fingerprint density at radius 1 is 1.12 bits per heavy atom. The Hall–Kier alpha value is -3.47. The molecule has 184 valence electrons. The minimum absolute atomic E-state index is 0.0700. The number of aromatic carboxylic acids is 1. The van der Waals surface area contributed by atoms with Crippen LogP contribution in [-0.2, 0) is 19.6 Å². The third kappa shape index (κ3) is 5.53. The van der Waals surface area contributed by atoms with Crippen molar-refractivity contribution in [2.24, 2.45) is 5.92 Å². The Morgan fingerprint density at radius 2 is 1.85 bits per heavy atom. The number of carboxylic acids is 1. The highest BCUT2D eigenvalue weighted by Crippen LogP contribution is 2.32. The number of piperidine rings is 1. The summed E-state index contributed by atoms with van der Waals surface area (Å²) in [7, 11) is -1.19. The van der Waals surface area contributed by atoms with Crippen LogP contribution in [0.15, 0.2) is 41.3 Å². The summed E-state index contributed by atoms with van der Waals surface area (Å²) in [4.78, 5) is 25.9. The van der Waals surface area contributed by atoms with Gasteiger partial charge in [-0.25, -0.2) is 13.2 Å². The fourth-order valence-corrected chi connectivity index (χ4v) is 4.96. The Labute approximate surface area is 198 Å². The summed E-state index contributed by atoms with van der Waals surface area (Å²) in [6.07, 6.45) is 1.37. The van der Waals surface area contributed by atoms with Crippen LogP contribution in [0.5, 0.6) is 11.5 Å². The molecule has 1 heterocycles. The number of esters is 1. The van der Waals surface area contributed by atoms with Crippen LogP contribution < -0.4 is 19.1 Å². The largest absolute Gasteiger partial charge is 0.493 e. The van der Waals surface area contributed by atoms with Crippen molar-refractivity contribution in [2.75, 3.05) is 43.5 Å². The lowest BCUT2D eigenvalue weighted by Crippen LogP contribution is -2.40. The average Bonchev–Trinajstić information content (AvgIpc) is 2.83. The summed E-state index contributed by atoms with van der Waals surface area (Å²) in [6.45, 7) is 2.93. The van der Waals surface area contributed by atoms with E-state index in [0.29, 0.717) is 37.4 Å². The number of anilines is 2. The zero-order valence-corrected chi connectivity index (χ0v) is 20.1. The maximum absolute atomic E-state index is 12.9. The van der Waals surface area contributed by atoms with E-state index in [0.717, 1.165) is 0 Å². The van der Waals surface area contributed by atoms with Crippen LogP contribution >= 0.6 is 0 Å². The van der Waals surface area contributed by atoms with Crippen LogP contribution in [0.25, 0.3) is 0 Å². The minimum Gasteiger partial charge on any atom is -0.493 e. The molecule has 1 aliphatic rings. The van der Waals surface area contributed by atoms with E-state index in [4.69, 9.17) is 14.2 Å². The first-order chi connectivity index (χ1) is 16.2. The van der Waals surface area contributed by atoms with Gasteiger partial charge in [0, 0.05) is 24.8 Å². The van der Waals surface area contributed by atoms with Crippen molar-refractivity contribution < 1.29 is 37.3 Å². The normalized spacial score (nSPS) is 16.0. The van der Waals surface area contributed by atoms with Crippen molar-refractivity contribution in [3.05, 3.63) is 42.0 Å². The number of rotatable bonds is 9. The molecular formula is C23H28N2O8S. The van der Waals surface area contributed by atoms with Gasteiger partial charge >= 0.3 is 11.9 Å². The van der Waals surface area contributed by atoms with Crippen molar-refractivity contribution in [1.82, 2.24) is 0 Å². The predicted molar refractivity (Wildman–Crippen MR) is 125 cm³/mol. The smallest absolute Gasteiger partial charge is 0.337 e. The number of ether oxygens (including phenoxy) is 3. The molecule has 3 rings (SSSR count). The van der Waals surface area contributed by atoms with E-state index < -0.39 is 16.0 Å². The lowest BCUT2D eigenvalue weighted by molar-refractivity contribution is -0.148. The molecule has 1 unspecified atom stereocenters. The molecular weight excluding hydrogens is 464 g/mol. The summed E-state index contributed by atoms with van der Waals surface area (Å²) < 4.78 is 43.6. The summed E-state index contributed by atoms with van der Waals surface area (Å²) in [5, 5.41) is 9.80. The maximum atomic E-state index is 12.9. The first-order valence-electron chi connectivity index (χ1n) is 10.7. The average molecular weight is 493 g/mol. The van der Waals surface area contributed by atoms with Gasteiger partial charge < -0.3 is 24.2 Å². The molecule has 1 fully saturated rings. The standard InChI is InChI=1S/C23H28N2O8S/c1-4-33-23(28)15-6-5-11-25(14-15)19-9-7-16(12-18(19)22(26)27)24-34(29,30)17-8-10-20(31-2)21(13-17)32-3/h7-10,12-13,15,24H,4-6,11,14H2,1-3H3,(H,26,27). The highest BCUT2D eigenvalue weighted by Gasteiger charge is 2.29. The number of methoxy groups -OCH3 is 2. The van der Waals surface area contributed by atoms with Crippen LogP contribution in [-0.4, -0.2) is 59.4 Å². The van der Waals surface area contributed by atoms with E-state index >= 15 is 0 Å². The lowest BCUT2D eigenvalue weighted by atomic mass is 9.97. The number of sulfonamides is 1. The number of nitrogens with one attached hydrogen (secondary N) is 1. The molecule has 0 radical (unpaired) electrons. The zero-order valence-electron chi connectivity index (χ0n) is 19.2. The van der Waals surface area contributed by atoms with Gasteiger partial charge in [-0.3, -0.25) is 9.52 Å². The Kier molecular flexibility index (Phi) is 7.87. The molecule has 1 saturated heterocycles. The second-order valence-corrected chi connectivity index (χ2v) is 9.38. The van der Waals surface area contributed by atoms with Gasteiger partial charge in [0.05, 0.1) is 42.9 Å². The Bertz CT molecular complexity index is 1170. The second-order valence-electron chi connectivity index (χ2n) is 7.70. The van der Waals surface area contributed by atoms with Crippen molar-refractivity contribution in [3.8, 4) is 11.5 Å². The quantitative estimate of drug-likeness (QED) is 0.507. The number of benzene rings is 2.